The van der Waals surface area contributed by atoms with E-state index >= 15 is 0 Å². The maximum Gasteiger partial charge on any atom is 0.0666 e. The highest BCUT2D eigenvalue weighted by molar-refractivity contribution is 8.00. The molecule has 94 valence electrons. The van der Waals surface area contributed by atoms with Crippen LogP contribution in [0.25, 0.3) is 0 Å². The van der Waals surface area contributed by atoms with Crippen LogP contribution in [0.4, 0.5) is 0 Å². The highest BCUT2D eigenvalue weighted by Crippen LogP contribution is 2.29. The molecule has 1 aromatic rings. The molecule has 1 aliphatic rings. The molecule has 17 heavy (non-hydrogen) atoms. The fourth-order valence-corrected chi connectivity index (χ4v) is 3.41. The van der Waals surface area contributed by atoms with Crippen molar-refractivity contribution >= 4 is 11.8 Å². The zero-order valence-electron chi connectivity index (χ0n) is 10.6. The summed E-state index contributed by atoms with van der Waals surface area (Å²) in [5.41, 5.74) is 8.74. The number of nitrogens with two attached hydrogens (primary N) is 1. The Hall–Kier alpha value is -0.510. The first-order valence-electron chi connectivity index (χ1n) is 6.22. The number of ether oxygens (including phenoxy) is 1. The van der Waals surface area contributed by atoms with Gasteiger partial charge in [-0.25, -0.2) is 0 Å². The summed E-state index contributed by atoms with van der Waals surface area (Å²) in [5.74, 6) is 0.974. The van der Waals surface area contributed by atoms with Crippen LogP contribution in [0.1, 0.15) is 30.5 Å². The Morgan fingerprint density at radius 1 is 1.53 bits per heavy atom. The van der Waals surface area contributed by atoms with Gasteiger partial charge in [0, 0.05) is 23.7 Å². The Morgan fingerprint density at radius 3 is 3.00 bits per heavy atom. The van der Waals surface area contributed by atoms with E-state index in [2.05, 4.69) is 38.1 Å². The molecule has 3 unspecified atom stereocenters. The van der Waals surface area contributed by atoms with E-state index in [-0.39, 0.29) is 6.04 Å². The largest absolute Gasteiger partial charge is 0.377 e. The summed E-state index contributed by atoms with van der Waals surface area (Å²) in [7, 11) is 0. The summed E-state index contributed by atoms with van der Waals surface area (Å²) in [6, 6.07) is 8.62. The molecule has 3 atom stereocenters. The highest BCUT2D eigenvalue weighted by atomic mass is 32.2. The molecule has 3 heteroatoms. The molecule has 1 heterocycles. The van der Waals surface area contributed by atoms with Crippen molar-refractivity contribution in [2.45, 2.75) is 37.7 Å². The van der Waals surface area contributed by atoms with Crippen molar-refractivity contribution in [3.63, 3.8) is 0 Å². The Morgan fingerprint density at radius 2 is 2.35 bits per heavy atom. The van der Waals surface area contributed by atoms with Gasteiger partial charge in [0.05, 0.1) is 6.10 Å². The van der Waals surface area contributed by atoms with E-state index in [0.717, 1.165) is 18.8 Å². The molecule has 2 N–H and O–H groups in total. The standard InChI is InChI=1S/C14H21NOS/c1-10-4-3-5-12(8-10)13(15)9-17-14-6-7-16-11(14)2/h3-5,8,11,13-14H,6-7,9,15H2,1-2H3. The van der Waals surface area contributed by atoms with Crippen LogP contribution in [0.5, 0.6) is 0 Å². The van der Waals surface area contributed by atoms with Crippen molar-refractivity contribution in [3.05, 3.63) is 35.4 Å². The summed E-state index contributed by atoms with van der Waals surface area (Å²) >= 11 is 1.95. The van der Waals surface area contributed by atoms with E-state index in [1.807, 2.05) is 11.8 Å². The molecule has 0 saturated carbocycles. The van der Waals surface area contributed by atoms with Gasteiger partial charge >= 0.3 is 0 Å². The number of hydrogen-bond acceptors (Lipinski definition) is 3. The van der Waals surface area contributed by atoms with Crippen LogP contribution in [-0.2, 0) is 4.74 Å². The number of aryl methyl sites for hydroxylation is 1. The first kappa shape index (κ1) is 12.9. The topological polar surface area (TPSA) is 35.2 Å². The molecule has 1 saturated heterocycles. The molecule has 0 aliphatic carbocycles. The van der Waals surface area contributed by atoms with Crippen molar-refractivity contribution in [2.75, 3.05) is 12.4 Å². The maximum absolute atomic E-state index is 6.23. The van der Waals surface area contributed by atoms with Crippen LogP contribution in [0.15, 0.2) is 24.3 Å². The van der Waals surface area contributed by atoms with Crippen molar-refractivity contribution in [3.8, 4) is 0 Å². The summed E-state index contributed by atoms with van der Waals surface area (Å²) in [6.07, 6.45) is 1.54. The summed E-state index contributed by atoms with van der Waals surface area (Å²) in [4.78, 5) is 0. The molecular weight excluding hydrogens is 230 g/mol. The van der Waals surface area contributed by atoms with E-state index in [0.29, 0.717) is 11.4 Å². The lowest BCUT2D eigenvalue weighted by atomic mass is 10.1. The average Bonchev–Trinajstić information content (AvgIpc) is 2.72. The first-order valence-corrected chi connectivity index (χ1v) is 7.27. The summed E-state index contributed by atoms with van der Waals surface area (Å²) in [6.45, 7) is 5.16. The number of hydrogen-bond donors (Lipinski definition) is 1. The predicted octanol–water partition coefficient (Wildman–Crippen LogP) is 2.91. The molecule has 0 bridgehead atoms. The average molecular weight is 251 g/mol. The van der Waals surface area contributed by atoms with Crippen molar-refractivity contribution < 1.29 is 4.74 Å². The van der Waals surface area contributed by atoms with Gasteiger partial charge in [0.15, 0.2) is 0 Å². The van der Waals surface area contributed by atoms with Crippen LogP contribution in [-0.4, -0.2) is 23.7 Å². The highest BCUT2D eigenvalue weighted by Gasteiger charge is 2.25. The van der Waals surface area contributed by atoms with Gasteiger partial charge in [0.25, 0.3) is 0 Å². The molecule has 1 fully saturated rings. The minimum Gasteiger partial charge on any atom is -0.377 e. The van der Waals surface area contributed by atoms with Crippen LogP contribution >= 0.6 is 11.8 Å². The Labute approximate surface area is 108 Å². The predicted molar refractivity (Wildman–Crippen MR) is 74.4 cm³/mol. The van der Waals surface area contributed by atoms with Crippen LogP contribution in [0, 0.1) is 6.92 Å². The van der Waals surface area contributed by atoms with Gasteiger partial charge in [0.2, 0.25) is 0 Å². The van der Waals surface area contributed by atoms with E-state index in [9.17, 15) is 0 Å². The molecule has 0 spiro atoms. The number of rotatable bonds is 4. The second-order valence-electron chi connectivity index (χ2n) is 4.76. The molecule has 1 aromatic carbocycles. The van der Waals surface area contributed by atoms with E-state index < -0.39 is 0 Å². The van der Waals surface area contributed by atoms with Gasteiger partial charge in [-0.15, -0.1) is 0 Å². The van der Waals surface area contributed by atoms with Gasteiger partial charge in [-0.1, -0.05) is 29.8 Å². The molecule has 2 rings (SSSR count). The monoisotopic (exact) mass is 251 g/mol. The Kier molecular flexibility index (Phi) is 4.48. The van der Waals surface area contributed by atoms with E-state index in [1.165, 1.54) is 11.1 Å². The molecule has 1 aliphatic heterocycles. The summed E-state index contributed by atoms with van der Waals surface area (Å²) in [5, 5.41) is 0.617. The minimum absolute atomic E-state index is 0.132. The summed E-state index contributed by atoms with van der Waals surface area (Å²) < 4.78 is 5.56. The fraction of sp³-hybridized carbons (Fsp3) is 0.571. The number of thioether (sulfide) groups is 1. The van der Waals surface area contributed by atoms with Gasteiger partial charge < -0.3 is 10.5 Å². The van der Waals surface area contributed by atoms with Gasteiger partial charge in [0.1, 0.15) is 0 Å². The molecule has 2 nitrogen and oxygen atoms in total. The number of benzene rings is 1. The maximum atomic E-state index is 6.23. The van der Waals surface area contributed by atoms with Gasteiger partial charge in [-0.2, -0.15) is 11.8 Å². The quantitative estimate of drug-likeness (QED) is 0.893. The van der Waals surface area contributed by atoms with Crippen LogP contribution in [0.2, 0.25) is 0 Å². The zero-order valence-corrected chi connectivity index (χ0v) is 11.4. The molecule has 0 radical (unpaired) electrons. The van der Waals surface area contributed by atoms with E-state index in [1.54, 1.807) is 0 Å². The normalized spacial score (nSPS) is 26.1. The van der Waals surface area contributed by atoms with Gasteiger partial charge in [-0.05, 0) is 25.8 Å². The van der Waals surface area contributed by atoms with Crippen molar-refractivity contribution in [1.29, 1.82) is 0 Å². The van der Waals surface area contributed by atoms with Gasteiger partial charge in [-0.3, -0.25) is 0 Å². The molecule has 0 aromatic heterocycles. The Bertz CT molecular complexity index is 369. The third-order valence-corrected chi connectivity index (χ3v) is 4.87. The zero-order chi connectivity index (χ0) is 12.3. The first-order chi connectivity index (χ1) is 8.16. The minimum atomic E-state index is 0.132. The van der Waals surface area contributed by atoms with Crippen LogP contribution < -0.4 is 5.73 Å². The smallest absolute Gasteiger partial charge is 0.0666 e. The lowest BCUT2D eigenvalue weighted by Crippen LogP contribution is -2.19. The Balaban J connectivity index is 1.86. The third-order valence-electron chi connectivity index (χ3n) is 3.27. The van der Waals surface area contributed by atoms with E-state index in [4.69, 9.17) is 10.5 Å². The molecule has 0 amide bonds. The lowest BCUT2D eigenvalue weighted by Gasteiger charge is -2.17. The van der Waals surface area contributed by atoms with Crippen molar-refractivity contribution in [1.82, 2.24) is 0 Å². The second kappa shape index (κ2) is 5.89. The van der Waals surface area contributed by atoms with Crippen LogP contribution in [0.3, 0.4) is 0 Å². The molecular formula is C14H21NOS. The lowest BCUT2D eigenvalue weighted by molar-refractivity contribution is 0.127. The van der Waals surface area contributed by atoms with Crippen molar-refractivity contribution in [2.24, 2.45) is 5.73 Å². The SMILES string of the molecule is Cc1cccc(C(N)CSC2CCOC2C)c1. The third kappa shape index (κ3) is 3.47. The fourth-order valence-electron chi connectivity index (χ4n) is 2.16. The second-order valence-corrected chi connectivity index (χ2v) is 6.03.